The largest absolute Gasteiger partial charge is 0.493 e. The molecule has 3 rings (SSSR count). The second kappa shape index (κ2) is 7.43. The molecule has 0 aliphatic heterocycles. The van der Waals surface area contributed by atoms with Crippen LogP contribution in [0.5, 0.6) is 11.5 Å². The Hall–Kier alpha value is -2.09. The van der Waals surface area contributed by atoms with Gasteiger partial charge in [-0.05, 0) is 18.2 Å². The lowest BCUT2D eigenvalue weighted by Gasteiger charge is -2.08. The Labute approximate surface area is 157 Å². The summed E-state index contributed by atoms with van der Waals surface area (Å²) in [5.41, 5.74) is 1.14. The van der Waals surface area contributed by atoms with Crippen LogP contribution in [0.1, 0.15) is 5.69 Å². The van der Waals surface area contributed by atoms with Crippen molar-refractivity contribution in [3.8, 4) is 22.1 Å². The van der Waals surface area contributed by atoms with Crippen molar-refractivity contribution in [2.24, 2.45) is 0 Å². The number of ether oxygens (including phenoxy) is 2. The third-order valence-corrected chi connectivity index (χ3v) is 5.13. The number of hydrogen-bond donors (Lipinski definition) is 0. The first-order chi connectivity index (χ1) is 12.0. The van der Waals surface area contributed by atoms with E-state index in [2.05, 4.69) is 10.1 Å². The predicted molar refractivity (Wildman–Crippen MR) is 98.3 cm³/mol. The Kier molecular flexibility index (Phi) is 5.27. The maximum Gasteiger partial charge on any atom is 0.287 e. The summed E-state index contributed by atoms with van der Waals surface area (Å²) in [7, 11) is 3.16. The van der Waals surface area contributed by atoms with E-state index in [0.717, 1.165) is 10.6 Å². The molecule has 0 radical (unpaired) electrons. The quantitative estimate of drug-likeness (QED) is 0.655. The molecule has 0 aliphatic carbocycles. The molecule has 0 unspecified atom stereocenters. The summed E-state index contributed by atoms with van der Waals surface area (Å²) in [6, 6.07) is 5.57. The van der Waals surface area contributed by atoms with Gasteiger partial charge in [0.25, 0.3) is 5.56 Å². The van der Waals surface area contributed by atoms with Gasteiger partial charge in [-0.2, -0.15) is 5.10 Å². The van der Waals surface area contributed by atoms with Crippen LogP contribution in [0.4, 0.5) is 0 Å². The van der Waals surface area contributed by atoms with E-state index in [0.29, 0.717) is 17.2 Å². The molecule has 0 fully saturated rings. The Morgan fingerprint density at radius 2 is 1.96 bits per heavy atom. The number of aromatic nitrogens is 3. The molecule has 0 saturated carbocycles. The zero-order chi connectivity index (χ0) is 18.0. The Bertz CT molecular complexity index is 971. The molecule has 0 saturated heterocycles. The molecule has 130 valence electrons. The van der Waals surface area contributed by atoms with Crippen LogP contribution in [0.15, 0.2) is 34.6 Å². The molecule has 2 heterocycles. The van der Waals surface area contributed by atoms with Gasteiger partial charge in [-0.3, -0.25) is 4.79 Å². The number of halogens is 2. The van der Waals surface area contributed by atoms with Crippen molar-refractivity contribution >= 4 is 34.5 Å². The summed E-state index contributed by atoms with van der Waals surface area (Å²) in [4.78, 5) is 16.6. The van der Waals surface area contributed by atoms with Crippen molar-refractivity contribution < 1.29 is 9.47 Å². The summed E-state index contributed by atoms with van der Waals surface area (Å²) in [5, 5.41) is 6.72. The lowest BCUT2D eigenvalue weighted by Crippen LogP contribution is -2.23. The van der Waals surface area contributed by atoms with E-state index in [9.17, 15) is 4.79 Å². The van der Waals surface area contributed by atoms with Gasteiger partial charge in [0, 0.05) is 10.9 Å². The van der Waals surface area contributed by atoms with Gasteiger partial charge in [-0.1, -0.05) is 23.2 Å². The fourth-order valence-electron chi connectivity index (χ4n) is 2.19. The third kappa shape index (κ3) is 3.63. The average Bonchev–Trinajstić information content (AvgIpc) is 3.10. The van der Waals surface area contributed by atoms with Crippen LogP contribution < -0.4 is 15.0 Å². The highest BCUT2D eigenvalue weighted by molar-refractivity contribution is 7.13. The number of rotatable bonds is 5. The fourth-order valence-corrected chi connectivity index (χ4v) is 3.27. The van der Waals surface area contributed by atoms with Crippen LogP contribution in [-0.4, -0.2) is 29.0 Å². The van der Waals surface area contributed by atoms with Crippen molar-refractivity contribution in [3.05, 3.63) is 55.9 Å². The first-order valence-corrected chi connectivity index (χ1v) is 8.75. The molecule has 1 aromatic carbocycles. The molecular formula is C16H13Cl2N3O3S. The summed E-state index contributed by atoms with van der Waals surface area (Å²) in [6.07, 6.45) is 1.34. The van der Waals surface area contributed by atoms with Gasteiger partial charge in [0.2, 0.25) is 0 Å². The minimum Gasteiger partial charge on any atom is -0.493 e. The van der Waals surface area contributed by atoms with E-state index in [-0.39, 0.29) is 16.6 Å². The summed E-state index contributed by atoms with van der Waals surface area (Å²) >= 11 is 13.1. The minimum atomic E-state index is -0.449. The van der Waals surface area contributed by atoms with Gasteiger partial charge in [0.05, 0.1) is 37.7 Å². The van der Waals surface area contributed by atoms with Crippen molar-refractivity contribution in [1.29, 1.82) is 0 Å². The molecule has 25 heavy (non-hydrogen) atoms. The van der Waals surface area contributed by atoms with Crippen LogP contribution in [-0.2, 0) is 6.54 Å². The Balaban J connectivity index is 1.88. The Morgan fingerprint density at radius 3 is 2.68 bits per heavy atom. The third-order valence-electron chi connectivity index (χ3n) is 3.44. The minimum absolute atomic E-state index is 0.0491. The van der Waals surface area contributed by atoms with Crippen LogP contribution in [0.25, 0.3) is 10.6 Å². The van der Waals surface area contributed by atoms with E-state index in [1.165, 1.54) is 22.2 Å². The zero-order valence-corrected chi connectivity index (χ0v) is 15.7. The van der Waals surface area contributed by atoms with Crippen LogP contribution in [0.2, 0.25) is 10.0 Å². The standard InChI is InChI=1S/C16H13Cl2N3O3S/c1-23-12-4-3-9(5-13(12)24-2)15-20-10(8-25-15)7-21-16(22)14(18)11(17)6-19-21/h3-6,8H,7H2,1-2H3. The zero-order valence-electron chi connectivity index (χ0n) is 13.3. The second-order valence-corrected chi connectivity index (χ2v) is 6.63. The number of nitrogens with zero attached hydrogens (tertiary/aromatic N) is 3. The second-order valence-electron chi connectivity index (χ2n) is 4.98. The monoisotopic (exact) mass is 397 g/mol. The van der Waals surface area contributed by atoms with Gasteiger partial charge in [0.15, 0.2) is 11.5 Å². The number of hydrogen-bond acceptors (Lipinski definition) is 6. The average molecular weight is 398 g/mol. The maximum absolute atomic E-state index is 12.1. The molecule has 2 aromatic heterocycles. The van der Waals surface area contributed by atoms with E-state index < -0.39 is 5.56 Å². The van der Waals surface area contributed by atoms with Crippen molar-refractivity contribution in [2.75, 3.05) is 14.2 Å². The Morgan fingerprint density at radius 1 is 1.20 bits per heavy atom. The maximum atomic E-state index is 12.1. The summed E-state index contributed by atoms with van der Waals surface area (Å²) < 4.78 is 11.8. The lowest BCUT2D eigenvalue weighted by molar-refractivity contribution is 0.355. The molecule has 6 nitrogen and oxygen atoms in total. The molecule has 0 spiro atoms. The summed E-state index contributed by atoms with van der Waals surface area (Å²) in [6.45, 7) is 0.208. The smallest absolute Gasteiger partial charge is 0.287 e. The van der Waals surface area contributed by atoms with Gasteiger partial charge < -0.3 is 9.47 Å². The molecule has 0 amide bonds. The van der Waals surface area contributed by atoms with E-state index in [4.69, 9.17) is 32.7 Å². The summed E-state index contributed by atoms with van der Waals surface area (Å²) in [5.74, 6) is 1.27. The molecule has 9 heteroatoms. The molecule has 3 aromatic rings. The number of benzene rings is 1. The van der Waals surface area contributed by atoms with Crippen molar-refractivity contribution in [1.82, 2.24) is 14.8 Å². The SMILES string of the molecule is COc1ccc(-c2nc(Cn3ncc(Cl)c(Cl)c3=O)cs2)cc1OC. The van der Waals surface area contributed by atoms with Crippen molar-refractivity contribution in [2.45, 2.75) is 6.54 Å². The van der Waals surface area contributed by atoms with Gasteiger partial charge >= 0.3 is 0 Å². The molecule has 0 aliphatic rings. The van der Waals surface area contributed by atoms with Crippen LogP contribution >= 0.6 is 34.5 Å². The highest BCUT2D eigenvalue weighted by atomic mass is 35.5. The molecule has 0 atom stereocenters. The lowest BCUT2D eigenvalue weighted by atomic mass is 10.2. The van der Waals surface area contributed by atoms with E-state index in [1.807, 2.05) is 23.6 Å². The van der Waals surface area contributed by atoms with Gasteiger partial charge in [-0.25, -0.2) is 9.67 Å². The van der Waals surface area contributed by atoms with E-state index in [1.54, 1.807) is 14.2 Å². The fraction of sp³-hybridized carbons (Fsp3) is 0.188. The van der Waals surface area contributed by atoms with Gasteiger partial charge in [0.1, 0.15) is 10.0 Å². The van der Waals surface area contributed by atoms with Crippen molar-refractivity contribution in [3.63, 3.8) is 0 Å². The topological polar surface area (TPSA) is 66.2 Å². The first kappa shape index (κ1) is 17.7. The van der Waals surface area contributed by atoms with Gasteiger partial charge in [-0.15, -0.1) is 11.3 Å². The van der Waals surface area contributed by atoms with E-state index >= 15 is 0 Å². The van der Waals surface area contributed by atoms with Crippen LogP contribution in [0.3, 0.4) is 0 Å². The first-order valence-electron chi connectivity index (χ1n) is 7.11. The molecule has 0 N–H and O–H groups in total. The predicted octanol–water partition coefficient (Wildman–Crippen LogP) is 3.74. The number of methoxy groups -OCH3 is 2. The highest BCUT2D eigenvalue weighted by Gasteiger charge is 2.12. The highest BCUT2D eigenvalue weighted by Crippen LogP contribution is 2.33. The number of thiazole rings is 1. The van der Waals surface area contributed by atoms with Crippen LogP contribution in [0, 0.1) is 0 Å². The molecular weight excluding hydrogens is 385 g/mol. The molecule has 0 bridgehead atoms. The normalized spacial score (nSPS) is 10.7.